The SMILES string of the molecule is CCOc1ccc(-c2nnc(CCC(=O)N[C@H](C)CC)c(=O)[nH]2)cc1. The highest BCUT2D eigenvalue weighted by Crippen LogP contribution is 2.18. The van der Waals surface area contributed by atoms with E-state index >= 15 is 0 Å². The molecule has 1 heterocycles. The number of nitrogens with one attached hydrogen (secondary N) is 2. The largest absolute Gasteiger partial charge is 0.494 e. The van der Waals surface area contributed by atoms with E-state index in [1.807, 2.05) is 45.0 Å². The summed E-state index contributed by atoms with van der Waals surface area (Å²) in [6, 6.07) is 7.37. The van der Waals surface area contributed by atoms with Crippen LogP contribution < -0.4 is 15.6 Å². The van der Waals surface area contributed by atoms with Crippen LogP contribution in [0.1, 0.15) is 39.3 Å². The summed E-state index contributed by atoms with van der Waals surface area (Å²) in [6.45, 7) is 6.45. The predicted octanol–water partition coefficient (Wildman–Crippen LogP) is 2.08. The maximum absolute atomic E-state index is 12.2. The van der Waals surface area contributed by atoms with E-state index in [9.17, 15) is 9.59 Å². The van der Waals surface area contributed by atoms with Gasteiger partial charge in [-0.15, -0.1) is 10.2 Å². The average molecular weight is 344 g/mol. The molecule has 1 aromatic carbocycles. The summed E-state index contributed by atoms with van der Waals surface area (Å²) in [7, 11) is 0. The van der Waals surface area contributed by atoms with Crippen molar-refractivity contribution in [3.8, 4) is 17.1 Å². The Hall–Kier alpha value is -2.70. The van der Waals surface area contributed by atoms with Crippen LogP contribution in [0.5, 0.6) is 5.75 Å². The normalized spacial score (nSPS) is 11.8. The molecule has 1 aromatic heterocycles. The van der Waals surface area contributed by atoms with Gasteiger partial charge >= 0.3 is 0 Å². The number of hydrogen-bond donors (Lipinski definition) is 2. The van der Waals surface area contributed by atoms with Gasteiger partial charge in [0.2, 0.25) is 5.91 Å². The highest BCUT2D eigenvalue weighted by molar-refractivity contribution is 5.76. The Morgan fingerprint density at radius 3 is 2.56 bits per heavy atom. The molecule has 2 N–H and O–H groups in total. The molecule has 7 heteroatoms. The van der Waals surface area contributed by atoms with Crippen LogP contribution in [0, 0.1) is 0 Å². The number of aryl methyl sites for hydroxylation is 1. The molecule has 0 aliphatic carbocycles. The van der Waals surface area contributed by atoms with Crippen molar-refractivity contribution < 1.29 is 9.53 Å². The molecule has 0 bridgehead atoms. The quantitative estimate of drug-likeness (QED) is 0.764. The molecule has 0 unspecified atom stereocenters. The van der Waals surface area contributed by atoms with E-state index in [1.165, 1.54) is 0 Å². The van der Waals surface area contributed by atoms with Gasteiger partial charge in [-0.1, -0.05) is 6.92 Å². The second-order valence-corrected chi connectivity index (χ2v) is 5.78. The van der Waals surface area contributed by atoms with Crippen LogP contribution >= 0.6 is 0 Å². The number of carbonyl (C=O) groups is 1. The van der Waals surface area contributed by atoms with Crippen LogP contribution in [-0.2, 0) is 11.2 Å². The number of carbonyl (C=O) groups excluding carboxylic acids is 1. The Kier molecular flexibility index (Phi) is 6.68. The summed E-state index contributed by atoms with van der Waals surface area (Å²) >= 11 is 0. The van der Waals surface area contributed by atoms with Gasteiger partial charge in [0.25, 0.3) is 5.56 Å². The number of rotatable bonds is 8. The zero-order chi connectivity index (χ0) is 18.2. The fourth-order valence-electron chi connectivity index (χ4n) is 2.21. The molecular weight excluding hydrogens is 320 g/mol. The lowest BCUT2D eigenvalue weighted by Crippen LogP contribution is -2.32. The lowest BCUT2D eigenvalue weighted by molar-refractivity contribution is -0.121. The third kappa shape index (κ3) is 5.41. The predicted molar refractivity (Wildman–Crippen MR) is 95.5 cm³/mol. The maximum atomic E-state index is 12.2. The number of nitrogens with zero attached hydrogens (tertiary/aromatic N) is 2. The minimum absolute atomic E-state index is 0.0915. The van der Waals surface area contributed by atoms with E-state index < -0.39 is 0 Å². The highest BCUT2D eigenvalue weighted by Gasteiger charge is 2.10. The van der Waals surface area contributed by atoms with E-state index in [-0.39, 0.29) is 36.0 Å². The third-order valence-corrected chi connectivity index (χ3v) is 3.81. The number of amides is 1. The molecule has 0 saturated carbocycles. The van der Waals surface area contributed by atoms with Gasteiger partial charge in [-0.3, -0.25) is 9.59 Å². The number of H-pyrrole nitrogens is 1. The number of aromatic amines is 1. The Bertz CT molecular complexity index is 756. The lowest BCUT2D eigenvalue weighted by Gasteiger charge is -2.10. The van der Waals surface area contributed by atoms with Gasteiger partial charge in [-0.05, 0) is 44.5 Å². The Labute approximate surface area is 146 Å². The van der Waals surface area contributed by atoms with Crippen molar-refractivity contribution in [2.24, 2.45) is 0 Å². The van der Waals surface area contributed by atoms with E-state index in [2.05, 4.69) is 20.5 Å². The van der Waals surface area contributed by atoms with Crippen molar-refractivity contribution in [1.82, 2.24) is 20.5 Å². The first-order valence-electron chi connectivity index (χ1n) is 8.52. The van der Waals surface area contributed by atoms with Crippen molar-refractivity contribution in [3.05, 3.63) is 40.3 Å². The molecule has 2 rings (SSSR count). The molecule has 0 fully saturated rings. The van der Waals surface area contributed by atoms with Crippen molar-refractivity contribution in [3.63, 3.8) is 0 Å². The maximum Gasteiger partial charge on any atom is 0.273 e. The molecule has 134 valence electrons. The first-order chi connectivity index (χ1) is 12.0. The Morgan fingerprint density at radius 1 is 1.24 bits per heavy atom. The molecule has 0 saturated heterocycles. The first-order valence-corrected chi connectivity index (χ1v) is 8.52. The fraction of sp³-hybridized carbons (Fsp3) is 0.444. The summed E-state index contributed by atoms with van der Waals surface area (Å²) in [5.74, 6) is 1.05. The van der Waals surface area contributed by atoms with E-state index in [4.69, 9.17) is 4.74 Å². The number of ether oxygens (including phenoxy) is 1. The summed E-state index contributed by atoms with van der Waals surface area (Å²) in [5.41, 5.74) is 0.679. The van der Waals surface area contributed by atoms with Crippen LogP contribution in [0.2, 0.25) is 0 Å². The standard InChI is InChI=1S/C18H24N4O3/c1-4-12(3)19-16(23)11-10-15-18(24)20-17(22-21-15)13-6-8-14(9-7-13)25-5-2/h6-9,12H,4-5,10-11H2,1-3H3,(H,19,23)(H,20,22,24)/t12-/m1/s1. The molecule has 7 nitrogen and oxygen atoms in total. The van der Waals surface area contributed by atoms with Gasteiger partial charge in [0.05, 0.1) is 6.61 Å². The minimum Gasteiger partial charge on any atom is -0.494 e. The summed E-state index contributed by atoms with van der Waals surface area (Å²) in [5, 5.41) is 10.9. The summed E-state index contributed by atoms with van der Waals surface area (Å²) in [4.78, 5) is 26.7. The Morgan fingerprint density at radius 2 is 1.96 bits per heavy atom. The zero-order valence-electron chi connectivity index (χ0n) is 14.8. The molecule has 1 atom stereocenters. The molecule has 0 radical (unpaired) electrons. The fourth-order valence-corrected chi connectivity index (χ4v) is 2.21. The average Bonchev–Trinajstić information content (AvgIpc) is 2.61. The number of aromatic nitrogens is 3. The van der Waals surface area contributed by atoms with Gasteiger partial charge in [-0.2, -0.15) is 0 Å². The third-order valence-electron chi connectivity index (χ3n) is 3.81. The zero-order valence-corrected chi connectivity index (χ0v) is 14.8. The van der Waals surface area contributed by atoms with Crippen molar-refractivity contribution >= 4 is 5.91 Å². The Balaban J connectivity index is 2.02. The second-order valence-electron chi connectivity index (χ2n) is 5.78. The van der Waals surface area contributed by atoms with E-state index in [0.717, 1.165) is 17.7 Å². The van der Waals surface area contributed by atoms with Gasteiger partial charge in [0.1, 0.15) is 11.4 Å². The van der Waals surface area contributed by atoms with Crippen molar-refractivity contribution in [2.45, 2.75) is 46.1 Å². The van der Waals surface area contributed by atoms with Gasteiger partial charge in [-0.25, -0.2) is 0 Å². The van der Waals surface area contributed by atoms with E-state index in [1.54, 1.807) is 0 Å². The monoisotopic (exact) mass is 344 g/mol. The molecule has 0 spiro atoms. The van der Waals surface area contributed by atoms with Gasteiger partial charge in [0.15, 0.2) is 5.82 Å². The topological polar surface area (TPSA) is 97.0 Å². The second kappa shape index (κ2) is 8.96. The highest BCUT2D eigenvalue weighted by atomic mass is 16.5. The lowest BCUT2D eigenvalue weighted by atomic mass is 10.2. The van der Waals surface area contributed by atoms with Crippen LogP contribution in [0.15, 0.2) is 29.1 Å². The minimum atomic E-state index is -0.324. The molecule has 0 aliphatic rings. The van der Waals surface area contributed by atoms with Crippen LogP contribution in [0.25, 0.3) is 11.4 Å². The molecule has 1 amide bonds. The van der Waals surface area contributed by atoms with Gasteiger partial charge < -0.3 is 15.0 Å². The van der Waals surface area contributed by atoms with E-state index in [0.29, 0.717) is 12.4 Å². The smallest absolute Gasteiger partial charge is 0.273 e. The molecule has 0 aliphatic heterocycles. The summed E-state index contributed by atoms with van der Waals surface area (Å²) < 4.78 is 5.38. The van der Waals surface area contributed by atoms with Crippen molar-refractivity contribution in [2.75, 3.05) is 6.61 Å². The number of benzene rings is 1. The van der Waals surface area contributed by atoms with Crippen LogP contribution in [0.3, 0.4) is 0 Å². The number of hydrogen-bond acceptors (Lipinski definition) is 5. The molecule has 25 heavy (non-hydrogen) atoms. The van der Waals surface area contributed by atoms with Crippen LogP contribution in [-0.4, -0.2) is 33.7 Å². The van der Waals surface area contributed by atoms with Crippen molar-refractivity contribution in [1.29, 1.82) is 0 Å². The molecular formula is C18H24N4O3. The molecule has 2 aromatic rings. The van der Waals surface area contributed by atoms with Gasteiger partial charge in [0, 0.05) is 24.4 Å². The first kappa shape index (κ1) is 18.6. The summed E-state index contributed by atoms with van der Waals surface area (Å²) in [6.07, 6.45) is 1.33. The van der Waals surface area contributed by atoms with Crippen LogP contribution in [0.4, 0.5) is 0 Å².